The molecule has 14 heavy (non-hydrogen) atoms. The van der Waals surface area contributed by atoms with Crippen LogP contribution in [0.1, 0.15) is 13.8 Å². The van der Waals surface area contributed by atoms with Crippen molar-refractivity contribution in [2.24, 2.45) is 0 Å². The molecule has 0 aliphatic rings. The molecule has 0 atom stereocenters. The Hall–Kier alpha value is -0.390. The minimum absolute atomic E-state index is 0.0330. The van der Waals surface area contributed by atoms with E-state index in [1.165, 1.54) is 11.3 Å². The fourth-order valence-corrected chi connectivity index (χ4v) is 2.04. The highest BCUT2D eigenvalue weighted by atomic mass is 79.9. The molecule has 3 nitrogen and oxygen atoms in total. The van der Waals surface area contributed by atoms with Crippen LogP contribution >= 0.6 is 27.3 Å². The fraction of sp³-hybridized carbons (Fsp3) is 0.444. The number of carbonyl (C=O) groups is 1. The maximum absolute atomic E-state index is 11.7. The number of likely N-dealkylation sites (N-methyl/N-ethyl adjacent to an activating group) is 1. The topological polar surface area (TPSA) is 41.1 Å². The second kappa shape index (κ2) is 4.42. The Morgan fingerprint density at radius 1 is 1.50 bits per heavy atom. The number of thiophene rings is 1. The SMILES string of the molecule is CNC(C)(C)C(=O)Nc1ccc(Br)s1. The lowest BCUT2D eigenvalue weighted by Crippen LogP contribution is -2.47. The number of rotatable bonds is 3. The molecular formula is C9H13BrN2OS. The van der Waals surface area contributed by atoms with Gasteiger partial charge in [-0.2, -0.15) is 0 Å². The second-order valence-electron chi connectivity index (χ2n) is 3.43. The van der Waals surface area contributed by atoms with E-state index >= 15 is 0 Å². The van der Waals surface area contributed by atoms with Gasteiger partial charge in [0.1, 0.15) is 0 Å². The zero-order valence-electron chi connectivity index (χ0n) is 8.35. The second-order valence-corrected chi connectivity index (χ2v) is 5.90. The molecule has 0 saturated carbocycles. The van der Waals surface area contributed by atoms with E-state index in [4.69, 9.17) is 0 Å². The van der Waals surface area contributed by atoms with Crippen molar-refractivity contribution in [1.82, 2.24) is 5.32 Å². The van der Waals surface area contributed by atoms with E-state index < -0.39 is 5.54 Å². The van der Waals surface area contributed by atoms with Gasteiger partial charge in [-0.25, -0.2) is 0 Å². The molecule has 1 aromatic heterocycles. The first-order valence-electron chi connectivity index (χ1n) is 4.21. The predicted octanol–water partition coefficient (Wildman–Crippen LogP) is 2.45. The van der Waals surface area contributed by atoms with Crippen LogP contribution < -0.4 is 10.6 Å². The number of halogens is 1. The molecule has 1 aromatic rings. The first-order valence-corrected chi connectivity index (χ1v) is 5.82. The molecule has 0 aliphatic heterocycles. The van der Waals surface area contributed by atoms with Gasteiger partial charge in [-0.15, -0.1) is 11.3 Å². The fourth-order valence-electron chi connectivity index (χ4n) is 0.763. The Morgan fingerprint density at radius 3 is 2.57 bits per heavy atom. The van der Waals surface area contributed by atoms with E-state index in [1.807, 2.05) is 26.0 Å². The van der Waals surface area contributed by atoms with Crippen molar-refractivity contribution < 1.29 is 4.79 Å². The lowest BCUT2D eigenvalue weighted by Gasteiger charge is -2.22. The van der Waals surface area contributed by atoms with Gasteiger partial charge in [-0.05, 0) is 49.0 Å². The number of carbonyl (C=O) groups excluding carboxylic acids is 1. The average Bonchev–Trinajstić information content (AvgIpc) is 2.51. The number of anilines is 1. The summed E-state index contributed by atoms with van der Waals surface area (Å²) in [5.74, 6) is -0.0330. The van der Waals surface area contributed by atoms with Gasteiger partial charge in [0.15, 0.2) is 0 Å². The summed E-state index contributed by atoms with van der Waals surface area (Å²) >= 11 is 4.84. The van der Waals surface area contributed by atoms with Crippen LogP contribution in [0.15, 0.2) is 15.9 Å². The van der Waals surface area contributed by atoms with Gasteiger partial charge >= 0.3 is 0 Å². The Bertz CT molecular complexity index is 335. The molecule has 0 radical (unpaired) electrons. The molecule has 0 unspecified atom stereocenters. The third kappa shape index (κ3) is 2.80. The highest BCUT2D eigenvalue weighted by molar-refractivity contribution is 9.11. The molecule has 0 spiro atoms. The maximum atomic E-state index is 11.7. The van der Waals surface area contributed by atoms with Gasteiger partial charge in [0.05, 0.1) is 14.3 Å². The predicted molar refractivity (Wildman–Crippen MR) is 63.8 cm³/mol. The van der Waals surface area contributed by atoms with Gasteiger partial charge in [0.25, 0.3) is 0 Å². The molecule has 78 valence electrons. The van der Waals surface area contributed by atoms with Crippen LogP contribution in [0.4, 0.5) is 5.00 Å². The summed E-state index contributed by atoms with van der Waals surface area (Å²) in [5.41, 5.74) is -0.545. The molecule has 0 saturated heterocycles. The zero-order chi connectivity index (χ0) is 10.8. The van der Waals surface area contributed by atoms with Crippen molar-refractivity contribution in [3.8, 4) is 0 Å². The number of hydrogen-bond acceptors (Lipinski definition) is 3. The number of amides is 1. The summed E-state index contributed by atoms with van der Waals surface area (Å²) in [4.78, 5) is 11.7. The highest BCUT2D eigenvalue weighted by Crippen LogP contribution is 2.26. The molecule has 0 bridgehead atoms. The van der Waals surface area contributed by atoms with Crippen molar-refractivity contribution >= 4 is 38.2 Å². The first kappa shape index (κ1) is 11.7. The van der Waals surface area contributed by atoms with E-state index in [0.717, 1.165) is 8.79 Å². The van der Waals surface area contributed by atoms with E-state index in [1.54, 1.807) is 7.05 Å². The van der Waals surface area contributed by atoms with Gasteiger partial charge < -0.3 is 10.6 Å². The smallest absolute Gasteiger partial charge is 0.244 e. The van der Waals surface area contributed by atoms with E-state index in [0.29, 0.717) is 0 Å². The standard InChI is InChI=1S/C9H13BrN2OS/c1-9(2,11-3)8(13)12-7-5-4-6(10)14-7/h4-5,11H,1-3H3,(H,12,13). The lowest BCUT2D eigenvalue weighted by atomic mass is 10.1. The van der Waals surface area contributed by atoms with Gasteiger partial charge in [-0.3, -0.25) is 4.79 Å². The number of nitrogens with one attached hydrogen (secondary N) is 2. The highest BCUT2D eigenvalue weighted by Gasteiger charge is 2.25. The molecule has 1 heterocycles. The largest absolute Gasteiger partial charge is 0.316 e. The van der Waals surface area contributed by atoms with Crippen molar-refractivity contribution in [2.75, 3.05) is 12.4 Å². The van der Waals surface area contributed by atoms with Gasteiger partial charge in [0, 0.05) is 0 Å². The monoisotopic (exact) mass is 276 g/mol. The Kier molecular flexibility index (Phi) is 3.69. The summed E-state index contributed by atoms with van der Waals surface area (Å²) in [7, 11) is 1.77. The van der Waals surface area contributed by atoms with Crippen molar-refractivity contribution in [3.05, 3.63) is 15.9 Å². The van der Waals surface area contributed by atoms with Crippen molar-refractivity contribution in [2.45, 2.75) is 19.4 Å². The van der Waals surface area contributed by atoms with Gasteiger partial charge in [-0.1, -0.05) is 0 Å². The van der Waals surface area contributed by atoms with Crippen molar-refractivity contribution in [1.29, 1.82) is 0 Å². The summed E-state index contributed by atoms with van der Waals surface area (Å²) in [6.07, 6.45) is 0. The summed E-state index contributed by atoms with van der Waals surface area (Å²) in [6, 6.07) is 3.78. The van der Waals surface area contributed by atoms with Crippen molar-refractivity contribution in [3.63, 3.8) is 0 Å². The third-order valence-corrected chi connectivity index (χ3v) is 3.54. The number of hydrogen-bond donors (Lipinski definition) is 2. The molecule has 5 heteroatoms. The summed E-state index contributed by atoms with van der Waals surface area (Å²) in [6.45, 7) is 3.68. The summed E-state index contributed by atoms with van der Waals surface area (Å²) in [5, 5.41) is 6.64. The Balaban J connectivity index is 2.66. The quantitative estimate of drug-likeness (QED) is 0.891. The van der Waals surface area contributed by atoms with Crippen LogP contribution in [0.2, 0.25) is 0 Å². The third-order valence-electron chi connectivity index (χ3n) is 2.00. The van der Waals surface area contributed by atoms with Gasteiger partial charge in [0.2, 0.25) is 5.91 Å². The molecule has 1 amide bonds. The normalized spacial score (nSPS) is 11.4. The van der Waals surface area contributed by atoms with E-state index in [2.05, 4.69) is 26.6 Å². The average molecular weight is 277 g/mol. The molecule has 2 N–H and O–H groups in total. The van der Waals surface area contributed by atoms with Crippen LogP contribution in [0.3, 0.4) is 0 Å². The van der Waals surface area contributed by atoms with E-state index in [9.17, 15) is 4.79 Å². The molecule has 0 fully saturated rings. The first-order chi connectivity index (χ1) is 6.45. The van der Waals surface area contributed by atoms with Crippen LogP contribution in [-0.2, 0) is 4.79 Å². The van der Waals surface area contributed by atoms with Crippen LogP contribution in [0, 0.1) is 0 Å². The van der Waals surface area contributed by atoms with Crippen LogP contribution in [0.25, 0.3) is 0 Å². The summed E-state index contributed by atoms with van der Waals surface area (Å²) < 4.78 is 1.01. The minimum Gasteiger partial charge on any atom is -0.316 e. The molecule has 1 rings (SSSR count). The zero-order valence-corrected chi connectivity index (χ0v) is 10.8. The van der Waals surface area contributed by atoms with E-state index in [-0.39, 0.29) is 5.91 Å². The molecule has 0 aromatic carbocycles. The molecule has 0 aliphatic carbocycles. The lowest BCUT2D eigenvalue weighted by molar-refractivity contribution is -0.121. The maximum Gasteiger partial charge on any atom is 0.244 e. The Labute approximate surface area is 96.0 Å². The molecular weight excluding hydrogens is 264 g/mol. The van der Waals surface area contributed by atoms with Crippen LogP contribution in [-0.4, -0.2) is 18.5 Å². The minimum atomic E-state index is -0.545. The Morgan fingerprint density at radius 2 is 2.14 bits per heavy atom. The van der Waals surface area contributed by atoms with Crippen LogP contribution in [0.5, 0.6) is 0 Å².